The number of ether oxygens (including phenoxy) is 2. The standard InChI is InChI=1S/C38H41F3N6O3/c1-5-21-14-47(15-22(6-2)42-21)35-30-34(44-37(45-35)50-19-38(10-11-38)18-46-16-26-27(17-46)31(26)40)32(41)33(43-36(30)49-4)25-13-23(48)12-20-8-9-28(39)24(7-3)29(20)25/h3,8-9,12-13,21-22,26-27,31,42,48H,5-6,10-11,14-19H2,1-2,4H3. The van der Waals surface area contributed by atoms with E-state index in [2.05, 4.69) is 44.9 Å². The number of rotatable bonds is 10. The smallest absolute Gasteiger partial charge is 0.319 e. The molecular formula is C38H41F3N6O3. The molecule has 4 aliphatic rings. The van der Waals surface area contributed by atoms with Crippen LogP contribution in [0.1, 0.15) is 45.1 Å². The fraction of sp³-hybridized carbons (Fsp3) is 0.500. The van der Waals surface area contributed by atoms with Crippen molar-refractivity contribution in [3.63, 3.8) is 0 Å². The quantitative estimate of drug-likeness (QED) is 0.200. The molecule has 2 N–H and O–H groups in total. The molecule has 4 fully saturated rings. The number of pyridine rings is 1. The first-order valence-electron chi connectivity index (χ1n) is 17.5. The summed E-state index contributed by atoms with van der Waals surface area (Å²) in [5, 5.41) is 15.3. The third-order valence-electron chi connectivity index (χ3n) is 11.2. The molecule has 50 heavy (non-hydrogen) atoms. The summed E-state index contributed by atoms with van der Waals surface area (Å²) in [6.07, 6.45) is 8.79. The number of hydrogen-bond acceptors (Lipinski definition) is 9. The van der Waals surface area contributed by atoms with Crippen LogP contribution in [0.15, 0.2) is 24.3 Å². The lowest BCUT2D eigenvalue weighted by Crippen LogP contribution is -2.56. The van der Waals surface area contributed by atoms with Crippen LogP contribution < -0.4 is 19.7 Å². The van der Waals surface area contributed by atoms with Crippen LogP contribution in [-0.4, -0.2) is 89.7 Å². The van der Waals surface area contributed by atoms with Gasteiger partial charge in [-0.15, -0.1) is 6.42 Å². The average molecular weight is 687 g/mol. The minimum Gasteiger partial charge on any atom is -0.508 e. The molecular weight excluding hydrogens is 645 g/mol. The summed E-state index contributed by atoms with van der Waals surface area (Å²) < 4.78 is 58.2. The number of piperidine rings is 1. The number of phenols is 1. The van der Waals surface area contributed by atoms with Gasteiger partial charge in [-0.25, -0.2) is 18.2 Å². The Labute approximate surface area is 289 Å². The normalized spacial score (nSPS) is 25.5. The molecule has 0 amide bonds. The molecule has 2 saturated heterocycles. The number of aromatic nitrogens is 3. The maximum atomic E-state index is 17.2. The van der Waals surface area contributed by atoms with Crippen LogP contribution in [-0.2, 0) is 0 Å². The molecule has 0 bridgehead atoms. The number of fused-ring (bicyclic) bond motifs is 3. The van der Waals surface area contributed by atoms with Gasteiger partial charge in [0.15, 0.2) is 5.82 Å². The molecule has 9 nitrogen and oxygen atoms in total. The molecule has 4 aromatic rings. The number of benzene rings is 2. The summed E-state index contributed by atoms with van der Waals surface area (Å²) >= 11 is 0. The number of alkyl halides is 1. The Morgan fingerprint density at radius 1 is 1.02 bits per heavy atom. The second kappa shape index (κ2) is 12.5. The van der Waals surface area contributed by atoms with E-state index in [9.17, 15) is 13.9 Å². The van der Waals surface area contributed by atoms with Crippen molar-refractivity contribution in [2.24, 2.45) is 17.3 Å². The molecule has 2 aliphatic carbocycles. The highest BCUT2D eigenvalue weighted by molar-refractivity contribution is 6.04. The van der Waals surface area contributed by atoms with Gasteiger partial charge < -0.3 is 29.7 Å². The zero-order valence-electron chi connectivity index (χ0n) is 28.5. The number of terminal acetylenes is 1. The molecule has 2 saturated carbocycles. The van der Waals surface area contributed by atoms with Crippen molar-refractivity contribution in [2.45, 2.75) is 57.8 Å². The van der Waals surface area contributed by atoms with Gasteiger partial charge in [-0.1, -0.05) is 25.8 Å². The van der Waals surface area contributed by atoms with E-state index in [0.29, 0.717) is 36.3 Å². The van der Waals surface area contributed by atoms with Gasteiger partial charge in [-0.2, -0.15) is 9.97 Å². The summed E-state index contributed by atoms with van der Waals surface area (Å²) in [5.41, 5.74) is -0.340. The van der Waals surface area contributed by atoms with Gasteiger partial charge in [0.05, 0.1) is 19.3 Å². The number of nitrogens with zero attached hydrogens (tertiary/aromatic N) is 5. The van der Waals surface area contributed by atoms with Gasteiger partial charge >= 0.3 is 6.01 Å². The van der Waals surface area contributed by atoms with Crippen molar-refractivity contribution in [1.29, 1.82) is 0 Å². The Balaban J connectivity index is 1.25. The summed E-state index contributed by atoms with van der Waals surface area (Å²) in [6.45, 7) is 8.19. The zero-order chi connectivity index (χ0) is 34.9. The van der Waals surface area contributed by atoms with Crippen molar-refractivity contribution < 1.29 is 27.8 Å². The number of halogens is 3. The van der Waals surface area contributed by atoms with Crippen molar-refractivity contribution in [3.8, 4) is 41.2 Å². The number of likely N-dealkylation sites (tertiary alicyclic amines) is 1. The predicted octanol–water partition coefficient (Wildman–Crippen LogP) is 5.84. The lowest BCUT2D eigenvalue weighted by molar-refractivity contribution is 0.155. The molecule has 2 aromatic heterocycles. The van der Waals surface area contributed by atoms with Crippen molar-refractivity contribution >= 4 is 27.5 Å². The molecule has 0 spiro atoms. The fourth-order valence-corrected chi connectivity index (χ4v) is 8.08. The van der Waals surface area contributed by atoms with Crippen LogP contribution in [0, 0.1) is 41.2 Å². The van der Waals surface area contributed by atoms with Crippen LogP contribution >= 0.6 is 0 Å². The lowest BCUT2D eigenvalue weighted by atomic mass is 9.95. The molecule has 4 unspecified atom stereocenters. The maximum absolute atomic E-state index is 17.2. The summed E-state index contributed by atoms with van der Waals surface area (Å²) in [6, 6.07) is 5.82. The van der Waals surface area contributed by atoms with Gasteiger partial charge in [-0.3, -0.25) is 0 Å². The van der Waals surface area contributed by atoms with Crippen LogP contribution in [0.4, 0.5) is 19.0 Å². The van der Waals surface area contributed by atoms with E-state index >= 15 is 4.39 Å². The lowest BCUT2D eigenvalue weighted by Gasteiger charge is -2.39. The Bertz CT molecular complexity index is 2010. The number of phenolic OH excluding ortho intramolecular Hbond substituents is 1. The van der Waals surface area contributed by atoms with E-state index in [1.165, 1.54) is 31.4 Å². The van der Waals surface area contributed by atoms with Gasteiger partial charge in [-0.05, 0) is 49.3 Å². The fourth-order valence-electron chi connectivity index (χ4n) is 8.08. The van der Waals surface area contributed by atoms with Gasteiger partial charge in [0.1, 0.15) is 40.2 Å². The van der Waals surface area contributed by atoms with Crippen LogP contribution in [0.25, 0.3) is 32.9 Å². The summed E-state index contributed by atoms with van der Waals surface area (Å²) in [5.74, 6) is 1.61. The number of piperazine rings is 1. The minimum atomic E-state index is -0.805. The molecule has 8 rings (SSSR count). The first-order valence-corrected chi connectivity index (χ1v) is 17.5. The molecule has 0 radical (unpaired) electrons. The Hall–Kier alpha value is -4.34. The van der Waals surface area contributed by atoms with Crippen molar-refractivity contribution in [2.75, 3.05) is 51.3 Å². The third kappa shape index (κ3) is 5.64. The molecule has 262 valence electrons. The molecule has 2 aliphatic heterocycles. The highest BCUT2D eigenvalue weighted by atomic mass is 19.1. The Morgan fingerprint density at radius 2 is 1.74 bits per heavy atom. The van der Waals surface area contributed by atoms with Crippen LogP contribution in [0.3, 0.4) is 0 Å². The summed E-state index contributed by atoms with van der Waals surface area (Å²) in [7, 11) is 1.44. The SMILES string of the molecule is C#Cc1c(F)ccc2cc(O)cc(-c3nc(OC)c4c(N5CC(CC)NC(CC)C5)nc(OCC5(CN6CC7C(F)C7C6)CC5)nc4c3F)c12. The number of aromatic hydroxyl groups is 1. The molecule has 4 atom stereocenters. The Kier molecular flexibility index (Phi) is 8.18. The van der Waals surface area contributed by atoms with Gasteiger partial charge in [0.25, 0.3) is 0 Å². The number of methoxy groups -OCH3 is 1. The van der Waals surface area contributed by atoms with Gasteiger partial charge in [0, 0.05) is 73.0 Å². The largest absolute Gasteiger partial charge is 0.508 e. The van der Waals surface area contributed by atoms with E-state index in [1.807, 2.05) is 0 Å². The minimum absolute atomic E-state index is 0.0284. The molecule has 2 aromatic carbocycles. The highest BCUT2D eigenvalue weighted by Crippen LogP contribution is 2.52. The molecule has 4 heterocycles. The topological polar surface area (TPSA) is 95.9 Å². The first kappa shape index (κ1) is 32.8. The van der Waals surface area contributed by atoms with E-state index in [1.54, 1.807) is 0 Å². The predicted molar refractivity (Wildman–Crippen MR) is 185 cm³/mol. The van der Waals surface area contributed by atoms with E-state index < -0.39 is 17.8 Å². The van der Waals surface area contributed by atoms with E-state index in [0.717, 1.165) is 45.3 Å². The summed E-state index contributed by atoms with van der Waals surface area (Å²) in [4.78, 5) is 18.6. The number of anilines is 1. The zero-order valence-corrected chi connectivity index (χ0v) is 28.5. The number of nitrogens with one attached hydrogen (secondary N) is 1. The average Bonchev–Trinajstić information content (AvgIpc) is 3.97. The Morgan fingerprint density at radius 3 is 2.38 bits per heavy atom. The van der Waals surface area contributed by atoms with Gasteiger partial charge in [0.2, 0.25) is 5.88 Å². The second-order valence-corrected chi connectivity index (χ2v) is 14.5. The first-order chi connectivity index (χ1) is 24.1. The van der Waals surface area contributed by atoms with Crippen LogP contribution in [0.2, 0.25) is 0 Å². The maximum Gasteiger partial charge on any atom is 0.319 e. The highest BCUT2D eigenvalue weighted by Gasteiger charge is 2.58. The van der Waals surface area contributed by atoms with Crippen molar-refractivity contribution in [1.82, 2.24) is 25.2 Å². The molecule has 12 heteroatoms. The van der Waals surface area contributed by atoms with E-state index in [-0.39, 0.29) is 74.7 Å². The number of hydrogen-bond donors (Lipinski definition) is 2. The third-order valence-corrected chi connectivity index (χ3v) is 11.2. The van der Waals surface area contributed by atoms with E-state index in [4.69, 9.17) is 20.9 Å². The van der Waals surface area contributed by atoms with Crippen molar-refractivity contribution in [3.05, 3.63) is 41.5 Å². The second-order valence-electron chi connectivity index (χ2n) is 14.5. The monoisotopic (exact) mass is 686 g/mol. The van der Waals surface area contributed by atoms with Crippen LogP contribution in [0.5, 0.6) is 17.6 Å².